The van der Waals surface area contributed by atoms with Crippen molar-refractivity contribution in [3.05, 3.63) is 28.2 Å². The summed E-state index contributed by atoms with van der Waals surface area (Å²) in [6.07, 6.45) is 1.86. The second kappa shape index (κ2) is 4.94. The van der Waals surface area contributed by atoms with Crippen molar-refractivity contribution in [1.82, 2.24) is 0 Å². The number of anilines is 1. The van der Waals surface area contributed by atoms with Gasteiger partial charge in [-0.05, 0) is 31.0 Å². The van der Waals surface area contributed by atoms with E-state index in [4.69, 9.17) is 23.2 Å². The molecule has 1 atom stereocenters. The van der Waals surface area contributed by atoms with Crippen LogP contribution in [0.15, 0.2) is 18.2 Å². The molecule has 1 aromatic carbocycles. The van der Waals surface area contributed by atoms with E-state index < -0.39 is 0 Å². The van der Waals surface area contributed by atoms with Gasteiger partial charge in [-0.2, -0.15) is 0 Å². The molecule has 0 radical (unpaired) electrons. The molecule has 1 heterocycles. The number of hydrogen-bond donors (Lipinski definition) is 0. The van der Waals surface area contributed by atoms with Crippen molar-refractivity contribution < 1.29 is 4.79 Å². The molecular weight excluding hydrogens is 313 g/mol. The van der Waals surface area contributed by atoms with Gasteiger partial charge in [-0.25, -0.2) is 0 Å². The highest BCUT2D eigenvalue weighted by Gasteiger charge is 2.27. The third-order valence-electron chi connectivity index (χ3n) is 2.53. The van der Waals surface area contributed by atoms with Gasteiger partial charge in [-0.15, -0.1) is 0 Å². The van der Waals surface area contributed by atoms with E-state index in [1.54, 1.807) is 23.1 Å². The number of benzene rings is 1. The van der Waals surface area contributed by atoms with Crippen LogP contribution in [0.1, 0.15) is 12.8 Å². The first-order valence-corrected chi connectivity index (χ1v) is 6.66. The maximum absolute atomic E-state index is 11.9. The molecule has 16 heavy (non-hydrogen) atoms. The fraction of sp³-hybridized carbons (Fsp3) is 0.364. The molecule has 1 fully saturated rings. The Bertz CT molecular complexity index is 404. The Kier molecular flexibility index (Phi) is 3.77. The lowest BCUT2D eigenvalue weighted by atomic mass is 10.1. The van der Waals surface area contributed by atoms with Gasteiger partial charge in [-0.1, -0.05) is 39.1 Å². The smallest absolute Gasteiger partial charge is 0.240 e. The van der Waals surface area contributed by atoms with Crippen molar-refractivity contribution in [2.24, 2.45) is 0 Å². The summed E-state index contributed by atoms with van der Waals surface area (Å²) in [4.78, 5) is 13.6. The summed E-state index contributed by atoms with van der Waals surface area (Å²) in [6, 6.07) is 5.18. The van der Waals surface area contributed by atoms with E-state index in [1.807, 2.05) is 0 Å². The highest BCUT2D eigenvalue weighted by Crippen LogP contribution is 2.29. The lowest BCUT2D eigenvalue weighted by Crippen LogP contribution is -2.41. The molecule has 0 N–H and O–H groups in total. The minimum absolute atomic E-state index is 0.0737. The van der Waals surface area contributed by atoms with Crippen molar-refractivity contribution in [2.45, 2.75) is 17.7 Å². The summed E-state index contributed by atoms with van der Waals surface area (Å²) >= 11 is 15.2. The standard InChI is InChI=1S/C11H10BrCl2NO/c12-10-2-1-3-15(11(10)16)9-5-7(13)4-8(14)6-9/h4-6,10H,1-3H2. The van der Waals surface area contributed by atoms with Crippen LogP contribution in [0.5, 0.6) is 0 Å². The van der Waals surface area contributed by atoms with E-state index in [1.165, 1.54) is 0 Å². The summed E-state index contributed by atoms with van der Waals surface area (Å²) in [6.45, 7) is 0.720. The molecule has 0 spiro atoms. The molecule has 1 aliphatic rings. The fourth-order valence-corrected chi connectivity index (χ4v) is 2.87. The summed E-state index contributed by atoms with van der Waals surface area (Å²) in [7, 11) is 0. The molecule has 0 saturated carbocycles. The molecule has 1 unspecified atom stereocenters. The first kappa shape index (κ1) is 12.2. The molecule has 1 amide bonds. The van der Waals surface area contributed by atoms with Crippen molar-refractivity contribution in [3.8, 4) is 0 Å². The van der Waals surface area contributed by atoms with Crippen LogP contribution in [0.3, 0.4) is 0 Å². The van der Waals surface area contributed by atoms with Crippen LogP contribution >= 0.6 is 39.1 Å². The first-order chi connectivity index (χ1) is 7.58. The van der Waals surface area contributed by atoms with Gasteiger partial charge < -0.3 is 4.90 Å². The number of nitrogens with zero attached hydrogens (tertiary/aromatic N) is 1. The third-order valence-corrected chi connectivity index (χ3v) is 3.82. The minimum atomic E-state index is -0.0981. The Morgan fingerprint density at radius 2 is 1.88 bits per heavy atom. The van der Waals surface area contributed by atoms with E-state index in [-0.39, 0.29) is 10.7 Å². The highest BCUT2D eigenvalue weighted by molar-refractivity contribution is 9.10. The van der Waals surface area contributed by atoms with Gasteiger partial charge in [0.1, 0.15) is 0 Å². The predicted octanol–water partition coefficient (Wildman–Crippen LogP) is 3.88. The number of amides is 1. The molecule has 1 aromatic rings. The van der Waals surface area contributed by atoms with Crippen molar-refractivity contribution >= 4 is 50.7 Å². The second-order valence-electron chi connectivity index (χ2n) is 3.73. The zero-order chi connectivity index (χ0) is 11.7. The molecule has 1 aliphatic heterocycles. The van der Waals surface area contributed by atoms with Crippen LogP contribution in [-0.2, 0) is 4.79 Å². The van der Waals surface area contributed by atoms with E-state index in [2.05, 4.69) is 15.9 Å². The largest absolute Gasteiger partial charge is 0.311 e. The van der Waals surface area contributed by atoms with Gasteiger partial charge in [-0.3, -0.25) is 4.79 Å². The van der Waals surface area contributed by atoms with Crippen molar-refractivity contribution in [1.29, 1.82) is 0 Å². The van der Waals surface area contributed by atoms with E-state index in [0.717, 1.165) is 25.1 Å². The van der Waals surface area contributed by atoms with Crippen LogP contribution in [0.25, 0.3) is 0 Å². The van der Waals surface area contributed by atoms with E-state index in [0.29, 0.717) is 10.0 Å². The van der Waals surface area contributed by atoms with Gasteiger partial charge in [0.2, 0.25) is 5.91 Å². The number of hydrogen-bond acceptors (Lipinski definition) is 1. The maximum Gasteiger partial charge on any atom is 0.240 e. The number of carbonyl (C=O) groups excluding carboxylic acids is 1. The number of rotatable bonds is 1. The average molecular weight is 323 g/mol. The molecular formula is C11H10BrCl2NO. The third kappa shape index (κ3) is 2.53. The van der Waals surface area contributed by atoms with Crippen LogP contribution < -0.4 is 4.90 Å². The lowest BCUT2D eigenvalue weighted by molar-refractivity contribution is -0.118. The summed E-state index contributed by atoms with van der Waals surface area (Å²) in [5.74, 6) is 0.0737. The minimum Gasteiger partial charge on any atom is -0.311 e. The normalized spacial score (nSPS) is 21.3. The Labute approximate surface area is 113 Å². The van der Waals surface area contributed by atoms with Crippen LogP contribution in [0, 0.1) is 0 Å². The molecule has 0 aromatic heterocycles. The predicted molar refractivity (Wildman–Crippen MR) is 70.8 cm³/mol. The Morgan fingerprint density at radius 1 is 1.25 bits per heavy atom. The molecule has 1 saturated heterocycles. The Morgan fingerprint density at radius 3 is 2.50 bits per heavy atom. The molecule has 86 valence electrons. The highest BCUT2D eigenvalue weighted by atomic mass is 79.9. The monoisotopic (exact) mass is 321 g/mol. The van der Waals surface area contributed by atoms with E-state index >= 15 is 0 Å². The van der Waals surface area contributed by atoms with Crippen LogP contribution in [-0.4, -0.2) is 17.3 Å². The zero-order valence-electron chi connectivity index (χ0n) is 8.42. The van der Waals surface area contributed by atoms with Gasteiger partial charge in [0.15, 0.2) is 0 Å². The Balaban J connectivity index is 2.32. The van der Waals surface area contributed by atoms with Crippen LogP contribution in [0.2, 0.25) is 10.0 Å². The number of alkyl halides is 1. The molecule has 2 rings (SSSR count). The fourth-order valence-electron chi connectivity index (χ4n) is 1.78. The lowest BCUT2D eigenvalue weighted by Gasteiger charge is -2.30. The quantitative estimate of drug-likeness (QED) is 0.718. The molecule has 2 nitrogen and oxygen atoms in total. The average Bonchev–Trinajstić information content (AvgIpc) is 2.20. The molecule has 0 aliphatic carbocycles. The van der Waals surface area contributed by atoms with Gasteiger partial charge in [0.25, 0.3) is 0 Å². The SMILES string of the molecule is O=C1C(Br)CCCN1c1cc(Cl)cc(Cl)c1. The summed E-state index contributed by atoms with van der Waals surface area (Å²) in [5, 5.41) is 1.10. The van der Waals surface area contributed by atoms with Gasteiger partial charge in [0, 0.05) is 22.3 Å². The molecule has 0 bridgehead atoms. The number of piperidine rings is 1. The van der Waals surface area contributed by atoms with Crippen molar-refractivity contribution in [2.75, 3.05) is 11.4 Å². The number of halogens is 3. The number of carbonyl (C=O) groups is 1. The van der Waals surface area contributed by atoms with Gasteiger partial charge >= 0.3 is 0 Å². The molecule has 5 heteroatoms. The van der Waals surface area contributed by atoms with Gasteiger partial charge in [0.05, 0.1) is 4.83 Å². The van der Waals surface area contributed by atoms with Crippen molar-refractivity contribution in [3.63, 3.8) is 0 Å². The van der Waals surface area contributed by atoms with Crippen LogP contribution in [0.4, 0.5) is 5.69 Å². The van der Waals surface area contributed by atoms with E-state index in [9.17, 15) is 4.79 Å². The zero-order valence-corrected chi connectivity index (χ0v) is 11.5. The Hall–Kier alpha value is -0.250. The summed E-state index contributed by atoms with van der Waals surface area (Å²) < 4.78 is 0. The summed E-state index contributed by atoms with van der Waals surface area (Å²) in [5.41, 5.74) is 0.770. The first-order valence-electron chi connectivity index (χ1n) is 4.99. The second-order valence-corrected chi connectivity index (χ2v) is 5.71. The topological polar surface area (TPSA) is 20.3 Å². The maximum atomic E-state index is 11.9.